The molecule has 5 rings (SSSR count). The largest absolute Gasteiger partial charge is 0.355 e. The highest BCUT2D eigenvalue weighted by molar-refractivity contribution is 6.32. The Kier molecular flexibility index (Phi) is 5.27. The van der Waals surface area contributed by atoms with Gasteiger partial charge >= 0.3 is 0 Å². The monoisotopic (exact) mass is 432 g/mol. The van der Waals surface area contributed by atoms with Crippen molar-refractivity contribution in [2.45, 2.75) is 20.3 Å². The second-order valence-corrected chi connectivity index (χ2v) is 8.28. The van der Waals surface area contributed by atoms with E-state index < -0.39 is 0 Å². The van der Waals surface area contributed by atoms with Crippen LogP contribution in [0.3, 0.4) is 0 Å². The summed E-state index contributed by atoms with van der Waals surface area (Å²) in [6.45, 7) is 4.14. The van der Waals surface area contributed by atoms with Gasteiger partial charge in [0.25, 0.3) is 0 Å². The molecule has 4 nitrogen and oxygen atoms in total. The van der Waals surface area contributed by atoms with Gasteiger partial charge in [-0.1, -0.05) is 61.0 Å². The zero-order chi connectivity index (χ0) is 22.9. The van der Waals surface area contributed by atoms with Gasteiger partial charge in [0.2, 0.25) is 0 Å². The quantitative estimate of drug-likeness (QED) is 0.320. The minimum atomic E-state index is -0.153. The normalized spacial score (nSPS) is 12.2. The second kappa shape index (κ2) is 8.40. The Bertz CT molecular complexity index is 1370. The van der Waals surface area contributed by atoms with Gasteiger partial charge in [0.1, 0.15) is 0 Å². The molecule has 0 spiro atoms. The minimum absolute atomic E-state index is 0.152. The van der Waals surface area contributed by atoms with E-state index >= 15 is 0 Å². The molecule has 0 amide bonds. The van der Waals surface area contributed by atoms with Gasteiger partial charge < -0.3 is 10.6 Å². The molecule has 4 aromatic rings. The molecule has 1 aliphatic carbocycles. The molecule has 0 unspecified atom stereocenters. The first-order valence-corrected chi connectivity index (χ1v) is 11.1. The van der Waals surface area contributed by atoms with Gasteiger partial charge in [-0.2, -0.15) is 0 Å². The molecule has 0 atom stereocenters. The third kappa shape index (κ3) is 3.80. The smallest absolute Gasteiger partial charge is 0.196 e. The molecule has 162 valence electrons. The summed E-state index contributed by atoms with van der Waals surface area (Å²) in [5.74, 6) is -0.305. The zero-order valence-electron chi connectivity index (χ0n) is 18.6. The lowest BCUT2D eigenvalue weighted by Crippen LogP contribution is -2.23. The van der Waals surface area contributed by atoms with E-state index in [9.17, 15) is 9.59 Å². The SMILES string of the molecule is CCc1ccc(Nc2ccc(Nc3ccc(C)cc3)c3c2C(=O)c2ccccc2C3=O)cc1. The molecule has 1 aliphatic rings. The Morgan fingerprint density at radius 2 is 1.06 bits per heavy atom. The second-order valence-electron chi connectivity index (χ2n) is 8.28. The van der Waals surface area contributed by atoms with Gasteiger partial charge in [0, 0.05) is 22.5 Å². The molecule has 0 bridgehead atoms. The number of carbonyl (C=O) groups is 2. The highest BCUT2D eigenvalue weighted by Crippen LogP contribution is 2.38. The minimum Gasteiger partial charge on any atom is -0.355 e. The predicted molar refractivity (Wildman–Crippen MR) is 133 cm³/mol. The summed E-state index contributed by atoms with van der Waals surface area (Å²) in [5, 5.41) is 6.71. The van der Waals surface area contributed by atoms with Crippen molar-refractivity contribution in [3.63, 3.8) is 0 Å². The predicted octanol–water partition coefficient (Wildman–Crippen LogP) is 6.82. The van der Waals surface area contributed by atoms with Crippen LogP contribution in [-0.2, 0) is 6.42 Å². The number of hydrogen-bond donors (Lipinski definition) is 2. The fourth-order valence-corrected chi connectivity index (χ4v) is 4.20. The van der Waals surface area contributed by atoms with Crippen molar-refractivity contribution in [1.29, 1.82) is 0 Å². The van der Waals surface area contributed by atoms with Gasteiger partial charge in [-0.05, 0) is 55.3 Å². The lowest BCUT2D eigenvalue weighted by molar-refractivity contribution is 0.0980. The summed E-state index contributed by atoms with van der Waals surface area (Å²) in [5.41, 5.74) is 7.02. The molecule has 4 aromatic carbocycles. The summed E-state index contributed by atoms with van der Waals surface area (Å²) in [7, 11) is 0. The van der Waals surface area contributed by atoms with E-state index in [0.29, 0.717) is 33.6 Å². The standard InChI is InChI=1S/C29H24N2O2/c1-3-19-10-14-21(15-11-19)31-25-17-16-24(30-20-12-8-18(2)9-13-20)26-27(25)29(33)23-7-5-4-6-22(23)28(26)32/h4-17,30-31H,3H2,1-2H3. The van der Waals surface area contributed by atoms with E-state index in [0.717, 1.165) is 23.4 Å². The molecule has 0 aromatic heterocycles. The van der Waals surface area contributed by atoms with Crippen molar-refractivity contribution in [3.8, 4) is 0 Å². The average Bonchev–Trinajstić information content (AvgIpc) is 2.85. The number of nitrogens with one attached hydrogen (secondary N) is 2. The average molecular weight is 433 g/mol. The maximum atomic E-state index is 13.6. The van der Waals surface area contributed by atoms with Crippen LogP contribution < -0.4 is 10.6 Å². The fraction of sp³-hybridized carbons (Fsp3) is 0.103. The number of anilines is 4. The summed E-state index contributed by atoms with van der Waals surface area (Å²) in [4.78, 5) is 27.2. The van der Waals surface area contributed by atoms with Gasteiger partial charge in [0.15, 0.2) is 11.6 Å². The van der Waals surface area contributed by atoms with Gasteiger partial charge in [-0.25, -0.2) is 0 Å². The third-order valence-electron chi connectivity index (χ3n) is 6.05. The van der Waals surface area contributed by atoms with Crippen LogP contribution in [0.4, 0.5) is 22.7 Å². The number of carbonyl (C=O) groups excluding carboxylic acids is 2. The van der Waals surface area contributed by atoms with Gasteiger partial charge in [0.05, 0.1) is 22.5 Å². The van der Waals surface area contributed by atoms with Crippen LogP contribution in [0, 0.1) is 6.92 Å². The Morgan fingerprint density at radius 1 is 0.606 bits per heavy atom. The number of aryl methyl sites for hydroxylation is 2. The summed E-state index contributed by atoms with van der Waals surface area (Å²) < 4.78 is 0. The molecule has 0 heterocycles. The molecule has 33 heavy (non-hydrogen) atoms. The highest BCUT2D eigenvalue weighted by atomic mass is 16.1. The van der Waals surface area contributed by atoms with Gasteiger partial charge in [-0.3, -0.25) is 9.59 Å². The number of benzene rings is 4. The fourth-order valence-electron chi connectivity index (χ4n) is 4.20. The Balaban J connectivity index is 1.63. The van der Waals surface area contributed by atoms with E-state index in [1.54, 1.807) is 24.3 Å². The maximum Gasteiger partial charge on any atom is 0.196 e. The number of rotatable bonds is 5. The first-order chi connectivity index (χ1) is 16.0. The number of ketones is 2. The van der Waals surface area contributed by atoms with E-state index in [2.05, 4.69) is 29.7 Å². The molecular formula is C29H24N2O2. The lowest BCUT2D eigenvalue weighted by atomic mass is 9.82. The highest BCUT2D eigenvalue weighted by Gasteiger charge is 2.34. The molecule has 0 fully saturated rings. The topological polar surface area (TPSA) is 58.2 Å². The zero-order valence-corrected chi connectivity index (χ0v) is 18.6. The van der Waals surface area contributed by atoms with Crippen LogP contribution in [0.2, 0.25) is 0 Å². The van der Waals surface area contributed by atoms with Gasteiger partial charge in [-0.15, -0.1) is 0 Å². The maximum absolute atomic E-state index is 13.6. The van der Waals surface area contributed by atoms with Crippen LogP contribution >= 0.6 is 0 Å². The molecule has 4 heteroatoms. The first kappa shape index (κ1) is 20.7. The molecule has 0 aliphatic heterocycles. The summed E-state index contributed by atoms with van der Waals surface area (Å²) >= 11 is 0. The summed E-state index contributed by atoms with van der Waals surface area (Å²) in [6, 6.07) is 26.8. The molecule has 0 radical (unpaired) electrons. The van der Waals surface area contributed by atoms with Crippen LogP contribution in [0.25, 0.3) is 0 Å². The van der Waals surface area contributed by atoms with Crippen LogP contribution in [0.1, 0.15) is 49.9 Å². The van der Waals surface area contributed by atoms with E-state index in [1.807, 2.05) is 55.5 Å². The van der Waals surface area contributed by atoms with Crippen LogP contribution in [0.15, 0.2) is 84.9 Å². The van der Waals surface area contributed by atoms with Crippen molar-refractivity contribution >= 4 is 34.3 Å². The van der Waals surface area contributed by atoms with Crippen molar-refractivity contribution in [3.05, 3.63) is 118 Å². The third-order valence-corrected chi connectivity index (χ3v) is 6.05. The van der Waals surface area contributed by atoms with Crippen molar-refractivity contribution < 1.29 is 9.59 Å². The first-order valence-electron chi connectivity index (χ1n) is 11.1. The lowest BCUT2D eigenvalue weighted by Gasteiger charge is -2.24. The van der Waals surface area contributed by atoms with E-state index in [1.165, 1.54) is 5.56 Å². The molecule has 2 N–H and O–H groups in total. The Morgan fingerprint density at radius 3 is 1.52 bits per heavy atom. The number of hydrogen-bond acceptors (Lipinski definition) is 4. The molecular weight excluding hydrogens is 408 g/mol. The van der Waals surface area contributed by atoms with Crippen LogP contribution in [0.5, 0.6) is 0 Å². The molecule has 0 saturated carbocycles. The molecule has 0 saturated heterocycles. The van der Waals surface area contributed by atoms with Crippen molar-refractivity contribution in [2.75, 3.05) is 10.6 Å². The Labute approximate surface area is 193 Å². The Hall–Kier alpha value is -4.18. The summed E-state index contributed by atoms with van der Waals surface area (Å²) in [6.07, 6.45) is 0.957. The van der Waals surface area contributed by atoms with E-state index in [-0.39, 0.29) is 11.6 Å². The van der Waals surface area contributed by atoms with E-state index in [4.69, 9.17) is 0 Å². The van der Waals surface area contributed by atoms with Crippen molar-refractivity contribution in [2.24, 2.45) is 0 Å². The van der Waals surface area contributed by atoms with Crippen LogP contribution in [-0.4, -0.2) is 11.6 Å². The number of fused-ring (bicyclic) bond motifs is 2. The van der Waals surface area contributed by atoms with Crippen molar-refractivity contribution in [1.82, 2.24) is 0 Å².